The molecular formula is C33H30N4O6S. The van der Waals surface area contributed by atoms with Crippen molar-refractivity contribution in [2.45, 2.75) is 20.4 Å². The number of phenols is 1. The zero-order valence-corrected chi connectivity index (χ0v) is 24.9. The van der Waals surface area contributed by atoms with E-state index in [1.54, 1.807) is 48.5 Å². The molecule has 44 heavy (non-hydrogen) atoms. The van der Waals surface area contributed by atoms with Gasteiger partial charge >= 0.3 is 0 Å². The van der Waals surface area contributed by atoms with Crippen molar-refractivity contribution in [3.8, 4) is 17.2 Å². The van der Waals surface area contributed by atoms with Crippen LogP contribution in [0.5, 0.6) is 17.2 Å². The SMILES string of the molecule is CCOc1cc(/C=N/N=C2\S/C(=C\c3ccccc3OCC(=O)Nc3ccc(C)cc3)C(=O)N2Cc2ccco2)ccc1O. The third-order valence-corrected chi connectivity index (χ3v) is 7.31. The molecule has 5 rings (SSSR count). The maximum Gasteiger partial charge on any atom is 0.267 e. The van der Waals surface area contributed by atoms with Crippen molar-refractivity contribution in [2.75, 3.05) is 18.5 Å². The van der Waals surface area contributed by atoms with E-state index < -0.39 is 0 Å². The molecule has 2 N–H and O–H groups in total. The minimum atomic E-state index is -0.304. The first kappa shape index (κ1) is 30.2. The quantitative estimate of drug-likeness (QED) is 0.117. The van der Waals surface area contributed by atoms with Gasteiger partial charge in [0.2, 0.25) is 0 Å². The summed E-state index contributed by atoms with van der Waals surface area (Å²) in [5.41, 5.74) is 3.06. The van der Waals surface area contributed by atoms with Gasteiger partial charge in [0.15, 0.2) is 23.3 Å². The second-order valence-corrected chi connectivity index (χ2v) is 10.6. The molecule has 0 bridgehead atoms. The highest BCUT2D eigenvalue weighted by Crippen LogP contribution is 2.35. The van der Waals surface area contributed by atoms with Gasteiger partial charge in [-0.3, -0.25) is 14.5 Å². The molecule has 1 fully saturated rings. The molecule has 4 aromatic rings. The number of hydrogen-bond donors (Lipinski definition) is 2. The molecule has 1 aromatic heterocycles. The number of hydrogen-bond acceptors (Lipinski definition) is 9. The number of phenolic OH excluding ortho intramolecular Hbond substituents is 1. The molecule has 2 heterocycles. The Morgan fingerprint density at radius 3 is 2.64 bits per heavy atom. The molecule has 11 heteroatoms. The molecule has 2 amide bonds. The minimum absolute atomic E-state index is 0.0304. The number of aryl methyl sites for hydroxylation is 1. The van der Waals surface area contributed by atoms with Gasteiger partial charge in [0.1, 0.15) is 11.5 Å². The van der Waals surface area contributed by atoms with Crippen LogP contribution in [0.1, 0.15) is 29.4 Å². The summed E-state index contributed by atoms with van der Waals surface area (Å²) in [5.74, 6) is 0.818. The number of rotatable bonds is 11. The third-order valence-electron chi connectivity index (χ3n) is 6.32. The van der Waals surface area contributed by atoms with E-state index in [0.29, 0.717) is 50.8 Å². The predicted molar refractivity (Wildman–Crippen MR) is 171 cm³/mol. The van der Waals surface area contributed by atoms with Gasteiger partial charge in [0.05, 0.1) is 30.5 Å². The van der Waals surface area contributed by atoms with Crippen molar-refractivity contribution in [1.82, 2.24) is 4.90 Å². The van der Waals surface area contributed by atoms with Gasteiger partial charge in [0.25, 0.3) is 11.8 Å². The van der Waals surface area contributed by atoms with E-state index in [2.05, 4.69) is 15.5 Å². The molecule has 0 unspecified atom stereocenters. The zero-order chi connectivity index (χ0) is 30.9. The van der Waals surface area contributed by atoms with Crippen LogP contribution < -0.4 is 14.8 Å². The molecule has 3 aromatic carbocycles. The highest BCUT2D eigenvalue weighted by molar-refractivity contribution is 8.18. The Morgan fingerprint density at radius 1 is 1.05 bits per heavy atom. The minimum Gasteiger partial charge on any atom is -0.504 e. The fraction of sp³-hybridized carbons (Fsp3) is 0.152. The van der Waals surface area contributed by atoms with Gasteiger partial charge in [-0.1, -0.05) is 35.9 Å². The largest absolute Gasteiger partial charge is 0.504 e. The number of thioether (sulfide) groups is 1. The Hall–Kier alpha value is -5.29. The standard InChI is InChI=1S/C33H30N4O6S/c1-3-41-29-17-23(12-15-27(29)38)19-34-36-33-37(20-26-8-6-16-42-26)32(40)30(44-33)18-24-7-4-5-9-28(24)43-21-31(39)35-25-13-10-22(2)11-14-25/h4-19,38H,3,20-21H2,1-2H3,(H,35,39)/b30-18-,34-19+,36-33-. The van der Waals surface area contributed by atoms with Gasteiger partial charge in [-0.2, -0.15) is 5.10 Å². The Bertz CT molecular complexity index is 1710. The number of para-hydroxylation sites is 1. The van der Waals surface area contributed by atoms with Crippen molar-refractivity contribution in [3.63, 3.8) is 0 Å². The summed E-state index contributed by atoms with van der Waals surface area (Å²) in [6.07, 6.45) is 4.76. The Kier molecular flexibility index (Phi) is 9.78. The van der Waals surface area contributed by atoms with E-state index >= 15 is 0 Å². The first-order valence-electron chi connectivity index (χ1n) is 13.8. The predicted octanol–water partition coefficient (Wildman–Crippen LogP) is 6.22. The summed E-state index contributed by atoms with van der Waals surface area (Å²) < 4.78 is 16.8. The van der Waals surface area contributed by atoms with E-state index in [-0.39, 0.29) is 30.7 Å². The lowest BCUT2D eigenvalue weighted by molar-refractivity contribution is -0.122. The van der Waals surface area contributed by atoms with Gasteiger partial charge in [-0.25, -0.2) is 0 Å². The Labute approximate surface area is 258 Å². The number of amidine groups is 1. The zero-order valence-electron chi connectivity index (χ0n) is 24.1. The maximum atomic E-state index is 13.6. The van der Waals surface area contributed by atoms with E-state index in [1.807, 2.05) is 44.2 Å². The average molecular weight is 611 g/mol. The number of anilines is 1. The highest BCUT2D eigenvalue weighted by atomic mass is 32.2. The van der Waals surface area contributed by atoms with E-state index in [4.69, 9.17) is 13.9 Å². The van der Waals surface area contributed by atoms with Crippen LogP contribution >= 0.6 is 11.8 Å². The number of amides is 2. The summed E-state index contributed by atoms with van der Waals surface area (Å²) in [6.45, 7) is 4.16. The van der Waals surface area contributed by atoms with Crippen LogP contribution in [0.15, 0.2) is 105 Å². The van der Waals surface area contributed by atoms with Crippen LogP contribution in [-0.4, -0.2) is 46.4 Å². The van der Waals surface area contributed by atoms with Gasteiger partial charge in [-0.05, 0) is 85.8 Å². The normalized spacial score (nSPS) is 15.0. The number of furan rings is 1. The number of carbonyl (C=O) groups is 2. The molecular weight excluding hydrogens is 580 g/mol. The number of aromatic hydroxyl groups is 1. The van der Waals surface area contributed by atoms with Gasteiger partial charge in [-0.15, -0.1) is 5.10 Å². The smallest absolute Gasteiger partial charge is 0.267 e. The molecule has 224 valence electrons. The van der Waals surface area contributed by atoms with Crippen LogP contribution in [-0.2, 0) is 16.1 Å². The molecule has 0 aliphatic carbocycles. The highest BCUT2D eigenvalue weighted by Gasteiger charge is 2.34. The number of nitrogens with one attached hydrogen (secondary N) is 1. The van der Waals surface area contributed by atoms with Crippen molar-refractivity contribution < 1.29 is 28.6 Å². The molecule has 1 aliphatic rings. The first-order valence-corrected chi connectivity index (χ1v) is 14.6. The monoisotopic (exact) mass is 610 g/mol. The van der Waals surface area contributed by atoms with E-state index in [0.717, 1.165) is 17.3 Å². The summed E-state index contributed by atoms with van der Waals surface area (Å²) in [7, 11) is 0. The van der Waals surface area contributed by atoms with Crippen molar-refractivity contribution in [2.24, 2.45) is 10.2 Å². The van der Waals surface area contributed by atoms with Crippen molar-refractivity contribution in [1.29, 1.82) is 0 Å². The average Bonchev–Trinajstić information content (AvgIpc) is 3.64. The Morgan fingerprint density at radius 2 is 1.86 bits per heavy atom. The molecule has 1 saturated heterocycles. The van der Waals surface area contributed by atoms with Crippen molar-refractivity contribution in [3.05, 3.63) is 112 Å². The second kappa shape index (κ2) is 14.3. The first-order chi connectivity index (χ1) is 21.4. The molecule has 1 aliphatic heterocycles. The van der Waals surface area contributed by atoms with Crippen LogP contribution in [0.3, 0.4) is 0 Å². The molecule has 0 atom stereocenters. The lowest BCUT2D eigenvalue weighted by Crippen LogP contribution is -2.28. The second-order valence-electron chi connectivity index (χ2n) is 9.61. The number of carbonyl (C=O) groups excluding carboxylic acids is 2. The number of benzene rings is 3. The molecule has 10 nitrogen and oxygen atoms in total. The van der Waals surface area contributed by atoms with Crippen LogP contribution in [0.25, 0.3) is 6.08 Å². The summed E-state index contributed by atoms with van der Waals surface area (Å²) >= 11 is 1.16. The van der Waals surface area contributed by atoms with Crippen LogP contribution in [0.4, 0.5) is 5.69 Å². The molecule has 0 spiro atoms. The van der Waals surface area contributed by atoms with Gasteiger partial charge < -0.3 is 24.3 Å². The third kappa shape index (κ3) is 7.75. The fourth-order valence-electron chi connectivity index (χ4n) is 4.16. The topological polar surface area (TPSA) is 126 Å². The summed E-state index contributed by atoms with van der Waals surface area (Å²) in [6, 6.07) is 23.0. The lowest BCUT2D eigenvalue weighted by atomic mass is 10.2. The van der Waals surface area contributed by atoms with Crippen LogP contribution in [0.2, 0.25) is 0 Å². The molecule has 0 saturated carbocycles. The summed E-state index contributed by atoms with van der Waals surface area (Å²) in [4.78, 5) is 27.9. The van der Waals surface area contributed by atoms with E-state index in [9.17, 15) is 14.7 Å². The number of nitrogens with zero attached hydrogens (tertiary/aromatic N) is 3. The fourth-order valence-corrected chi connectivity index (χ4v) is 5.08. The summed E-state index contributed by atoms with van der Waals surface area (Å²) in [5, 5.41) is 21.7. The van der Waals surface area contributed by atoms with Crippen LogP contribution in [0, 0.1) is 6.92 Å². The molecule has 0 radical (unpaired) electrons. The maximum absolute atomic E-state index is 13.6. The Balaban J connectivity index is 1.34. The van der Waals surface area contributed by atoms with Crippen molar-refractivity contribution >= 4 is 46.7 Å². The number of ether oxygens (including phenoxy) is 2. The van der Waals surface area contributed by atoms with E-state index in [1.165, 1.54) is 23.4 Å². The lowest BCUT2D eigenvalue weighted by Gasteiger charge is -2.12. The van der Waals surface area contributed by atoms with Gasteiger partial charge in [0, 0.05) is 11.3 Å².